The molecule has 2 aliphatic carbocycles. The average molecular weight is 460 g/mol. The van der Waals surface area contributed by atoms with Crippen LogP contribution in [0.15, 0.2) is 6.07 Å². The maximum Gasteiger partial charge on any atom is 0.348 e. The molecule has 0 bridgehead atoms. The number of hydrogen-bond donors (Lipinski definition) is 2. The molecule has 0 atom stereocenters. The first-order valence-electron chi connectivity index (χ1n) is 11.7. The minimum absolute atomic E-state index is 0.0393. The van der Waals surface area contributed by atoms with Crippen molar-refractivity contribution in [2.75, 3.05) is 18.1 Å². The van der Waals surface area contributed by atoms with Gasteiger partial charge in [-0.3, -0.25) is 4.79 Å². The van der Waals surface area contributed by atoms with Crippen molar-refractivity contribution in [1.29, 1.82) is 0 Å². The normalized spacial score (nSPS) is 29.3. The second-order valence-corrected chi connectivity index (χ2v) is 11.1. The smallest absolute Gasteiger partial charge is 0.348 e. The highest BCUT2D eigenvalue weighted by molar-refractivity contribution is 7.15. The number of carboxylic acid groups (broad SMARTS) is 1. The molecule has 1 aliphatic heterocycles. The molecule has 6 nitrogen and oxygen atoms in total. The predicted molar refractivity (Wildman–Crippen MR) is 124 cm³/mol. The predicted octanol–water partition coefficient (Wildman–Crippen LogP) is 4.30. The van der Waals surface area contributed by atoms with E-state index in [0.717, 1.165) is 37.0 Å². The van der Waals surface area contributed by atoms with Gasteiger partial charge in [-0.2, -0.15) is 0 Å². The van der Waals surface area contributed by atoms with Crippen LogP contribution in [0.3, 0.4) is 0 Å². The van der Waals surface area contributed by atoms with Crippen LogP contribution < -0.4 is 4.90 Å². The first-order chi connectivity index (χ1) is 15.3. The third kappa shape index (κ3) is 5.03. The summed E-state index contributed by atoms with van der Waals surface area (Å²) in [6.45, 7) is 5.42. The number of carboxylic acids is 1. The van der Waals surface area contributed by atoms with Crippen LogP contribution in [0.5, 0.6) is 0 Å². The molecule has 4 rings (SSSR count). The number of rotatable bonds is 4. The van der Waals surface area contributed by atoms with Crippen molar-refractivity contribution in [2.24, 2.45) is 17.3 Å². The van der Waals surface area contributed by atoms with E-state index in [-0.39, 0.29) is 34.3 Å². The zero-order valence-electron chi connectivity index (χ0n) is 18.9. The van der Waals surface area contributed by atoms with Crippen LogP contribution in [0, 0.1) is 29.1 Å². The fourth-order valence-electron chi connectivity index (χ4n) is 4.98. The van der Waals surface area contributed by atoms with Crippen LogP contribution in [-0.2, 0) is 9.53 Å². The van der Waals surface area contributed by atoms with Gasteiger partial charge in [0.15, 0.2) is 0 Å². The molecule has 0 radical (unpaired) electrons. The highest BCUT2D eigenvalue weighted by Gasteiger charge is 2.37. The van der Waals surface area contributed by atoms with Crippen molar-refractivity contribution in [1.82, 2.24) is 0 Å². The fourth-order valence-corrected chi connectivity index (χ4v) is 5.83. The molecule has 0 spiro atoms. The number of aromatic carboxylic acids is 1. The van der Waals surface area contributed by atoms with Crippen LogP contribution in [-0.4, -0.2) is 47.4 Å². The molecule has 2 heterocycles. The maximum absolute atomic E-state index is 13.8. The van der Waals surface area contributed by atoms with Gasteiger partial charge in [-0.25, -0.2) is 4.79 Å². The lowest BCUT2D eigenvalue weighted by molar-refractivity contribution is -0.124. The van der Waals surface area contributed by atoms with Gasteiger partial charge in [0.2, 0.25) is 5.91 Å². The molecular weight excluding hydrogens is 426 g/mol. The monoisotopic (exact) mass is 459 g/mol. The van der Waals surface area contributed by atoms with Crippen LogP contribution >= 0.6 is 11.3 Å². The summed E-state index contributed by atoms with van der Waals surface area (Å²) in [6, 6.07) is 1.70. The van der Waals surface area contributed by atoms with Crippen LogP contribution in [0.4, 0.5) is 5.69 Å². The van der Waals surface area contributed by atoms with Gasteiger partial charge >= 0.3 is 5.97 Å². The minimum atomic E-state index is -1.03. The third-order valence-electron chi connectivity index (χ3n) is 7.13. The van der Waals surface area contributed by atoms with Crippen LogP contribution in [0.2, 0.25) is 0 Å². The van der Waals surface area contributed by atoms with Gasteiger partial charge in [0.25, 0.3) is 0 Å². The van der Waals surface area contributed by atoms with Gasteiger partial charge in [-0.05, 0) is 70.3 Å². The summed E-state index contributed by atoms with van der Waals surface area (Å²) in [4.78, 5) is 28.5. The first-order valence-corrected chi connectivity index (χ1v) is 12.6. The first kappa shape index (κ1) is 23.3. The molecule has 1 aromatic rings. The number of hydrogen-bond acceptors (Lipinski definition) is 5. The summed E-state index contributed by atoms with van der Waals surface area (Å²) >= 11 is 1.14. The lowest BCUT2D eigenvalue weighted by Gasteiger charge is -2.38. The van der Waals surface area contributed by atoms with Gasteiger partial charge in [-0.1, -0.05) is 18.8 Å². The molecule has 0 aromatic carbocycles. The largest absolute Gasteiger partial charge is 0.477 e. The Balaban J connectivity index is 1.67. The molecule has 3 aliphatic rings. The van der Waals surface area contributed by atoms with E-state index in [1.165, 1.54) is 0 Å². The number of carbonyl (C=O) groups is 2. The minimum Gasteiger partial charge on any atom is -0.477 e. The topological polar surface area (TPSA) is 87.1 Å². The average Bonchev–Trinajstić information content (AvgIpc) is 3.17. The van der Waals surface area contributed by atoms with Gasteiger partial charge in [-0.15, -0.1) is 11.3 Å². The van der Waals surface area contributed by atoms with Crippen molar-refractivity contribution in [3.63, 3.8) is 0 Å². The Kier molecular flexibility index (Phi) is 6.94. The summed E-state index contributed by atoms with van der Waals surface area (Å²) in [5, 5.41) is 19.9. The van der Waals surface area contributed by atoms with E-state index in [9.17, 15) is 19.8 Å². The number of ether oxygens (including phenoxy) is 1. The molecule has 174 valence electrons. The maximum atomic E-state index is 13.8. The molecule has 2 saturated carbocycles. The van der Waals surface area contributed by atoms with Crippen molar-refractivity contribution >= 4 is 28.9 Å². The number of anilines is 1. The Morgan fingerprint density at radius 1 is 1.12 bits per heavy atom. The molecule has 3 fully saturated rings. The molecule has 32 heavy (non-hydrogen) atoms. The summed E-state index contributed by atoms with van der Waals surface area (Å²) in [6.07, 6.45) is 6.05. The van der Waals surface area contributed by atoms with E-state index in [4.69, 9.17) is 4.74 Å². The lowest BCUT2D eigenvalue weighted by atomic mass is 9.81. The summed E-state index contributed by atoms with van der Waals surface area (Å²) in [5.41, 5.74) is 0.285. The Bertz CT molecular complexity index is 908. The fraction of sp³-hybridized carbons (Fsp3) is 0.680. The van der Waals surface area contributed by atoms with Crippen molar-refractivity contribution < 1.29 is 24.5 Å². The zero-order valence-corrected chi connectivity index (χ0v) is 19.7. The standard InChI is InChI=1S/C25H33NO5S/c1-16-3-5-17(6-4-16)23(28)26(18-7-9-19(27)10-8-18)21-13-20(32-22(21)24(29)30)11-12-25(2)14-31-15-25/h13,16-19,27H,3-10,14-15H2,1-2H3,(H,29,30). The summed E-state index contributed by atoms with van der Waals surface area (Å²) in [7, 11) is 0. The Labute approximate surface area is 194 Å². The number of nitrogens with zero attached hydrogens (tertiary/aromatic N) is 1. The number of amides is 1. The van der Waals surface area contributed by atoms with Crippen molar-refractivity contribution in [3.8, 4) is 11.8 Å². The second kappa shape index (κ2) is 9.54. The molecule has 1 aromatic heterocycles. The quantitative estimate of drug-likeness (QED) is 0.656. The number of thiophene rings is 1. The molecular formula is C25H33NO5S. The van der Waals surface area contributed by atoms with Crippen molar-refractivity contribution in [3.05, 3.63) is 15.8 Å². The number of aliphatic hydroxyl groups excluding tert-OH is 1. The van der Waals surface area contributed by atoms with E-state index >= 15 is 0 Å². The zero-order chi connectivity index (χ0) is 22.9. The molecule has 7 heteroatoms. The molecule has 2 N–H and O–H groups in total. The van der Waals surface area contributed by atoms with E-state index < -0.39 is 5.97 Å². The van der Waals surface area contributed by atoms with Crippen molar-refractivity contribution in [2.45, 2.75) is 77.4 Å². The summed E-state index contributed by atoms with van der Waals surface area (Å²) < 4.78 is 5.26. The van der Waals surface area contributed by atoms with Crippen LogP contribution in [0.25, 0.3) is 0 Å². The van der Waals surface area contributed by atoms with Gasteiger partial charge in [0, 0.05) is 12.0 Å². The second-order valence-electron chi connectivity index (χ2n) is 10.1. The summed E-state index contributed by atoms with van der Waals surface area (Å²) in [5.74, 6) is 5.93. The molecule has 1 amide bonds. The van der Waals surface area contributed by atoms with Gasteiger partial charge in [0.1, 0.15) is 4.88 Å². The Hall–Kier alpha value is -1.88. The molecule has 0 unspecified atom stereocenters. The number of carbonyl (C=O) groups excluding carboxylic acids is 1. The Morgan fingerprint density at radius 3 is 2.34 bits per heavy atom. The highest BCUT2D eigenvalue weighted by atomic mass is 32.1. The van der Waals surface area contributed by atoms with E-state index in [0.29, 0.717) is 55.4 Å². The molecule has 1 saturated heterocycles. The van der Waals surface area contributed by atoms with Gasteiger partial charge in [0.05, 0.1) is 35.3 Å². The third-order valence-corrected chi connectivity index (χ3v) is 8.16. The van der Waals surface area contributed by atoms with E-state index in [2.05, 4.69) is 18.8 Å². The van der Waals surface area contributed by atoms with E-state index in [1.807, 2.05) is 6.92 Å². The SMILES string of the molecule is CC1CCC(C(=O)N(c2cc(C#CC3(C)COC3)sc2C(=O)O)C2CCC(O)CC2)CC1. The Morgan fingerprint density at radius 2 is 1.78 bits per heavy atom. The van der Waals surface area contributed by atoms with Gasteiger partial charge < -0.3 is 19.8 Å². The van der Waals surface area contributed by atoms with Crippen LogP contribution in [0.1, 0.15) is 79.8 Å². The lowest BCUT2D eigenvalue weighted by Crippen LogP contribution is -2.47. The van der Waals surface area contributed by atoms with E-state index in [1.54, 1.807) is 11.0 Å². The highest BCUT2D eigenvalue weighted by Crippen LogP contribution is 2.39. The number of aliphatic hydroxyl groups is 1.